The third-order valence-corrected chi connectivity index (χ3v) is 3.75. The van der Waals surface area contributed by atoms with Crippen LogP contribution < -0.4 is 5.32 Å². The van der Waals surface area contributed by atoms with Gasteiger partial charge in [0.05, 0.1) is 0 Å². The molecule has 0 bridgehead atoms. The lowest BCUT2D eigenvalue weighted by Gasteiger charge is -2.36. The highest BCUT2D eigenvalue weighted by molar-refractivity contribution is 14.1. The van der Waals surface area contributed by atoms with Gasteiger partial charge >= 0.3 is 6.18 Å². The first-order chi connectivity index (χ1) is 8.89. The third kappa shape index (κ3) is 3.57. The van der Waals surface area contributed by atoms with E-state index in [4.69, 9.17) is 0 Å². The SMILES string of the molecule is Fc1ccc(I)cc1[C@H](N1CCNCC1)C(F)(F)F. The van der Waals surface area contributed by atoms with E-state index in [-0.39, 0.29) is 18.7 Å². The Balaban J connectivity index is 2.39. The fraction of sp³-hybridized carbons (Fsp3) is 0.500. The summed E-state index contributed by atoms with van der Waals surface area (Å²) in [6.07, 6.45) is -4.48. The molecule has 1 aromatic carbocycles. The zero-order chi connectivity index (χ0) is 14.0. The Morgan fingerprint density at radius 1 is 1.21 bits per heavy atom. The van der Waals surface area contributed by atoms with E-state index in [9.17, 15) is 17.6 Å². The van der Waals surface area contributed by atoms with E-state index in [1.807, 2.05) is 22.6 Å². The van der Waals surface area contributed by atoms with Gasteiger partial charge in [0.2, 0.25) is 0 Å². The Kier molecular flexibility index (Phi) is 4.67. The minimum absolute atomic E-state index is 0.259. The van der Waals surface area contributed by atoms with Gasteiger partial charge in [0, 0.05) is 35.3 Å². The summed E-state index contributed by atoms with van der Waals surface area (Å²) in [5.74, 6) is -0.804. The molecule has 1 heterocycles. The van der Waals surface area contributed by atoms with Crippen molar-refractivity contribution in [3.63, 3.8) is 0 Å². The molecule has 1 aromatic rings. The van der Waals surface area contributed by atoms with Gasteiger partial charge in [0.15, 0.2) is 0 Å². The molecule has 106 valence electrons. The van der Waals surface area contributed by atoms with Crippen LogP contribution in [0.2, 0.25) is 0 Å². The van der Waals surface area contributed by atoms with Crippen molar-refractivity contribution >= 4 is 22.6 Å². The molecule has 1 aliphatic rings. The Bertz CT molecular complexity index is 444. The summed E-state index contributed by atoms with van der Waals surface area (Å²) >= 11 is 1.89. The van der Waals surface area contributed by atoms with Crippen LogP contribution in [0.1, 0.15) is 11.6 Å². The van der Waals surface area contributed by atoms with Crippen LogP contribution >= 0.6 is 22.6 Å². The molecule has 1 N–H and O–H groups in total. The van der Waals surface area contributed by atoms with Crippen LogP contribution in [-0.2, 0) is 0 Å². The van der Waals surface area contributed by atoms with Crippen LogP contribution in [0.15, 0.2) is 18.2 Å². The minimum Gasteiger partial charge on any atom is -0.314 e. The molecule has 1 aliphatic heterocycles. The van der Waals surface area contributed by atoms with Crippen molar-refractivity contribution in [1.82, 2.24) is 10.2 Å². The smallest absolute Gasteiger partial charge is 0.314 e. The van der Waals surface area contributed by atoms with E-state index in [1.54, 1.807) is 0 Å². The molecule has 0 saturated carbocycles. The van der Waals surface area contributed by atoms with Crippen molar-refractivity contribution in [3.05, 3.63) is 33.1 Å². The van der Waals surface area contributed by atoms with Crippen molar-refractivity contribution < 1.29 is 17.6 Å². The highest BCUT2D eigenvalue weighted by Gasteiger charge is 2.46. The van der Waals surface area contributed by atoms with Crippen molar-refractivity contribution in [3.8, 4) is 0 Å². The molecule has 19 heavy (non-hydrogen) atoms. The number of nitrogens with one attached hydrogen (secondary N) is 1. The molecule has 0 unspecified atom stereocenters. The molecule has 7 heteroatoms. The molecule has 0 aliphatic carbocycles. The summed E-state index contributed by atoms with van der Waals surface area (Å²) < 4.78 is 54.2. The van der Waals surface area contributed by atoms with Crippen LogP contribution in [0, 0.1) is 9.39 Å². The monoisotopic (exact) mass is 388 g/mol. The van der Waals surface area contributed by atoms with Crippen LogP contribution in [-0.4, -0.2) is 37.3 Å². The molecular formula is C12H13F4IN2. The van der Waals surface area contributed by atoms with Gasteiger partial charge in [-0.1, -0.05) is 0 Å². The second-order valence-corrected chi connectivity index (χ2v) is 5.64. The highest BCUT2D eigenvalue weighted by atomic mass is 127. The van der Waals surface area contributed by atoms with Crippen molar-refractivity contribution in [2.45, 2.75) is 12.2 Å². The number of halogens is 5. The zero-order valence-electron chi connectivity index (χ0n) is 9.97. The van der Waals surface area contributed by atoms with Crippen LogP contribution in [0.5, 0.6) is 0 Å². The maximum absolute atomic E-state index is 13.8. The van der Waals surface area contributed by atoms with Gasteiger partial charge in [-0.25, -0.2) is 4.39 Å². The highest BCUT2D eigenvalue weighted by Crippen LogP contribution is 2.39. The van der Waals surface area contributed by atoms with Gasteiger partial charge in [-0.15, -0.1) is 0 Å². The fourth-order valence-electron chi connectivity index (χ4n) is 2.24. The van der Waals surface area contributed by atoms with Crippen LogP contribution in [0.25, 0.3) is 0 Å². The average molecular weight is 388 g/mol. The van der Waals surface area contributed by atoms with Crippen molar-refractivity contribution in [2.24, 2.45) is 0 Å². The van der Waals surface area contributed by atoms with Gasteiger partial charge in [-0.3, -0.25) is 4.90 Å². The number of nitrogens with zero attached hydrogens (tertiary/aromatic N) is 1. The molecule has 0 aromatic heterocycles. The topological polar surface area (TPSA) is 15.3 Å². The molecule has 1 saturated heterocycles. The molecule has 0 radical (unpaired) electrons. The van der Waals surface area contributed by atoms with E-state index >= 15 is 0 Å². The Morgan fingerprint density at radius 3 is 2.42 bits per heavy atom. The molecule has 0 amide bonds. The lowest BCUT2D eigenvalue weighted by Crippen LogP contribution is -2.49. The van der Waals surface area contributed by atoms with E-state index in [0.29, 0.717) is 16.7 Å². The Hall–Kier alpha value is -0.410. The van der Waals surface area contributed by atoms with Gasteiger partial charge in [-0.05, 0) is 40.8 Å². The van der Waals surface area contributed by atoms with Gasteiger partial charge in [-0.2, -0.15) is 13.2 Å². The Labute approximate surface area is 122 Å². The Morgan fingerprint density at radius 2 is 1.84 bits per heavy atom. The summed E-state index contributed by atoms with van der Waals surface area (Å²) in [6.45, 7) is 1.49. The fourth-order valence-corrected chi connectivity index (χ4v) is 2.76. The first-order valence-electron chi connectivity index (χ1n) is 5.86. The number of benzene rings is 1. The summed E-state index contributed by atoms with van der Waals surface area (Å²) in [5, 5.41) is 2.99. The summed E-state index contributed by atoms with van der Waals surface area (Å²) in [7, 11) is 0. The number of piperazine rings is 1. The minimum atomic E-state index is -4.48. The predicted octanol–water partition coefficient (Wildman–Crippen LogP) is 2.94. The molecule has 2 rings (SSSR count). The maximum atomic E-state index is 13.8. The molecule has 0 spiro atoms. The largest absolute Gasteiger partial charge is 0.408 e. The second kappa shape index (κ2) is 5.92. The van der Waals surface area contributed by atoms with Gasteiger partial charge < -0.3 is 5.32 Å². The average Bonchev–Trinajstić information content (AvgIpc) is 2.33. The molecule has 1 fully saturated rings. The van der Waals surface area contributed by atoms with E-state index in [2.05, 4.69) is 5.32 Å². The standard InChI is InChI=1S/C12H13F4IN2/c13-10-2-1-8(17)7-9(10)11(12(14,15)16)19-5-3-18-4-6-19/h1-2,7,11,18H,3-6H2/t11-/m0/s1. The zero-order valence-corrected chi connectivity index (χ0v) is 12.1. The number of hydrogen-bond acceptors (Lipinski definition) is 2. The molecular weight excluding hydrogens is 375 g/mol. The number of rotatable bonds is 2. The molecule has 2 nitrogen and oxygen atoms in total. The predicted molar refractivity (Wildman–Crippen MR) is 72.4 cm³/mol. The maximum Gasteiger partial charge on any atom is 0.408 e. The second-order valence-electron chi connectivity index (χ2n) is 4.40. The van der Waals surface area contributed by atoms with Gasteiger partial charge in [0.25, 0.3) is 0 Å². The van der Waals surface area contributed by atoms with E-state index in [0.717, 1.165) is 6.07 Å². The summed E-state index contributed by atoms with van der Waals surface area (Å²) in [6, 6.07) is 1.96. The van der Waals surface area contributed by atoms with E-state index in [1.165, 1.54) is 17.0 Å². The normalized spacial score (nSPS) is 19.4. The quantitative estimate of drug-likeness (QED) is 0.619. The van der Waals surface area contributed by atoms with Crippen LogP contribution in [0.3, 0.4) is 0 Å². The van der Waals surface area contributed by atoms with Crippen molar-refractivity contribution in [2.75, 3.05) is 26.2 Å². The molecule has 1 atom stereocenters. The van der Waals surface area contributed by atoms with Crippen LogP contribution in [0.4, 0.5) is 17.6 Å². The van der Waals surface area contributed by atoms with Crippen molar-refractivity contribution in [1.29, 1.82) is 0 Å². The lowest BCUT2D eigenvalue weighted by atomic mass is 10.0. The summed E-state index contributed by atoms with van der Waals surface area (Å²) in [5.41, 5.74) is -0.290. The first-order valence-corrected chi connectivity index (χ1v) is 6.94. The number of alkyl halides is 3. The van der Waals surface area contributed by atoms with E-state index < -0.39 is 18.0 Å². The third-order valence-electron chi connectivity index (χ3n) is 3.08. The first kappa shape index (κ1) is 15.0. The number of hydrogen-bond donors (Lipinski definition) is 1. The summed E-state index contributed by atoms with van der Waals surface area (Å²) in [4.78, 5) is 1.28. The lowest BCUT2D eigenvalue weighted by molar-refractivity contribution is -0.188. The van der Waals surface area contributed by atoms with Gasteiger partial charge in [0.1, 0.15) is 11.9 Å².